The summed E-state index contributed by atoms with van der Waals surface area (Å²) in [6.45, 7) is -0.356. The number of methoxy groups -OCH3 is 1. The van der Waals surface area contributed by atoms with Crippen LogP contribution in [0.2, 0.25) is 0 Å². The van der Waals surface area contributed by atoms with Gasteiger partial charge in [0.2, 0.25) is 10.0 Å². The summed E-state index contributed by atoms with van der Waals surface area (Å²) in [5.41, 5.74) is 3.82. The SMILES string of the molecule is COc1ccccc1/C=N\NC(=O)CN(Cc1ccc(Br)cc1)S(=O)(=O)c1ccccc1. The average Bonchev–Trinajstić information content (AvgIpc) is 2.81. The lowest BCUT2D eigenvalue weighted by Gasteiger charge is -2.21. The molecule has 0 saturated heterocycles. The zero-order valence-electron chi connectivity index (χ0n) is 17.3. The van der Waals surface area contributed by atoms with Crippen molar-refractivity contribution in [1.29, 1.82) is 0 Å². The van der Waals surface area contributed by atoms with E-state index in [1.54, 1.807) is 49.6 Å². The van der Waals surface area contributed by atoms with Crippen molar-refractivity contribution in [2.45, 2.75) is 11.4 Å². The summed E-state index contributed by atoms with van der Waals surface area (Å²) < 4.78 is 33.6. The summed E-state index contributed by atoms with van der Waals surface area (Å²) in [7, 11) is -2.36. The minimum atomic E-state index is -3.90. The van der Waals surface area contributed by atoms with Crippen molar-refractivity contribution in [2.24, 2.45) is 5.10 Å². The number of carbonyl (C=O) groups is 1. The molecule has 3 aromatic rings. The molecule has 1 amide bonds. The van der Waals surface area contributed by atoms with Gasteiger partial charge in [0.1, 0.15) is 5.75 Å². The number of nitrogens with zero attached hydrogens (tertiary/aromatic N) is 2. The van der Waals surface area contributed by atoms with E-state index >= 15 is 0 Å². The number of benzene rings is 3. The molecule has 166 valence electrons. The van der Waals surface area contributed by atoms with Crippen molar-refractivity contribution in [2.75, 3.05) is 13.7 Å². The fraction of sp³-hybridized carbons (Fsp3) is 0.130. The van der Waals surface area contributed by atoms with Crippen molar-refractivity contribution in [3.05, 3.63) is 94.5 Å². The predicted octanol–water partition coefficient (Wildman–Crippen LogP) is 3.80. The number of hydrazone groups is 1. The molecule has 0 saturated carbocycles. The van der Waals surface area contributed by atoms with E-state index in [9.17, 15) is 13.2 Å². The van der Waals surface area contributed by atoms with E-state index in [1.165, 1.54) is 18.3 Å². The largest absolute Gasteiger partial charge is 0.496 e. The molecular formula is C23H22BrN3O4S. The minimum absolute atomic E-state index is 0.0359. The topological polar surface area (TPSA) is 88.1 Å². The monoisotopic (exact) mass is 515 g/mol. The van der Waals surface area contributed by atoms with E-state index in [0.29, 0.717) is 11.3 Å². The van der Waals surface area contributed by atoms with Crippen LogP contribution in [0, 0.1) is 0 Å². The van der Waals surface area contributed by atoms with Crippen LogP contribution in [0.4, 0.5) is 0 Å². The van der Waals surface area contributed by atoms with Gasteiger partial charge in [-0.25, -0.2) is 13.8 Å². The van der Waals surface area contributed by atoms with Crippen molar-refractivity contribution < 1.29 is 17.9 Å². The van der Waals surface area contributed by atoms with Crippen LogP contribution < -0.4 is 10.2 Å². The molecule has 0 spiro atoms. The maximum absolute atomic E-state index is 13.2. The Balaban J connectivity index is 1.78. The van der Waals surface area contributed by atoms with E-state index in [-0.39, 0.29) is 11.4 Å². The predicted molar refractivity (Wildman–Crippen MR) is 127 cm³/mol. The molecule has 1 N–H and O–H groups in total. The summed E-state index contributed by atoms with van der Waals surface area (Å²) in [5.74, 6) is 0.0433. The second-order valence-electron chi connectivity index (χ2n) is 6.75. The van der Waals surface area contributed by atoms with Crippen LogP contribution in [0.1, 0.15) is 11.1 Å². The maximum Gasteiger partial charge on any atom is 0.255 e. The quantitative estimate of drug-likeness (QED) is 0.346. The first-order valence-electron chi connectivity index (χ1n) is 9.64. The van der Waals surface area contributed by atoms with E-state index in [1.807, 2.05) is 24.3 Å². The number of hydrogen-bond donors (Lipinski definition) is 1. The van der Waals surface area contributed by atoms with Gasteiger partial charge in [-0.15, -0.1) is 0 Å². The zero-order chi connectivity index (χ0) is 23.0. The van der Waals surface area contributed by atoms with Gasteiger partial charge in [-0.3, -0.25) is 4.79 Å². The van der Waals surface area contributed by atoms with Gasteiger partial charge in [0.25, 0.3) is 5.91 Å². The number of rotatable bonds is 9. The van der Waals surface area contributed by atoms with E-state index in [2.05, 4.69) is 26.5 Å². The second kappa shape index (κ2) is 11.0. The molecule has 3 rings (SSSR count). The molecule has 0 heterocycles. The number of sulfonamides is 1. The normalized spacial score (nSPS) is 11.6. The van der Waals surface area contributed by atoms with Gasteiger partial charge in [-0.05, 0) is 42.0 Å². The molecule has 0 atom stereocenters. The first-order chi connectivity index (χ1) is 15.4. The molecule has 9 heteroatoms. The molecule has 0 unspecified atom stereocenters. The maximum atomic E-state index is 13.2. The summed E-state index contributed by atoms with van der Waals surface area (Å²) in [6.07, 6.45) is 1.45. The van der Waals surface area contributed by atoms with Gasteiger partial charge < -0.3 is 4.74 Å². The van der Waals surface area contributed by atoms with Gasteiger partial charge in [0.15, 0.2) is 0 Å². The Morgan fingerprint density at radius 3 is 2.38 bits per heavy atom. The number of halogens is 1. The van der Waals surface area contributed by atoms with Crippen LogP contribution in [0.15, 0.2) is 93.3 Å². The molecule has 3 aromatic carbocycles. The number of hydrogen-bond acceptors (Lipinski definition) is 5. The van der Waals surface area contributed by atoms with Crippen LogP contribution in [0.3, 0.4) is 0 Å². The highest BCUT2D eigenvalue weighted by molar-refractivity contribution is 9.10. The fourth-order valence-corrected chi connectivity index (χ4v) is 4.57. The van der Waals surface area contributed by atoms with Crippen LogP contribution in [0.25, 0.3) is 0 Å². The summed E-state index contributed by atoms with van der Waals surface area (Å²) in [5, 5.41) is 3.94. The van der Waals surface area contributed by atoms with Crippen molar-refractivity contribution in [1.82, 2.24) is 9.73 Å². The summed E-state index contributed by atoms with van der Waals surface area (Å²) in [4.78, 5) is 12.7. The van der Waals surface area contributed by atoms with Crippen molar-refractivity contribution in [3.8, 4) is 5.75 Å². The molecule has 0 aliphatic rings. The van der Waals surface area contributed by atoms with Crippen molar-refractivity contribution in [3.63, 3.8) is 0 Å². The summed E-state index contributed by atoms with van der Waals surface area (Å²) >= 11 is 3.37. The number of para-hydroxylation sites is 1. The Morgan fingerprint density at radius 2 is 1.69 bits per heavy atom. The molecule has 0 radical (unpaired) electrons. The van der Waals surface area contributed by atoms with Crippen LogP contribution >= 0.6 is 15.9 Å². The standard InChI is InChI=1S/C23H22BrN3O4S/c1-31-22-10-6-5-7-19(22)15-25-26-23(28)17-27(16-18-11-13-20(24)14-12-18)32(29,30)21-8-3-2-4-9-21/h2-15H,16-17H2,1H3,(H,26,28)/b25-15-. The molecule has 7 nitrogen and oxygen atoms in total. The lowest BCUT2D eigenvalue weighted by atomic mass is 10.2. The highest BCUT2D eigenvalue weighted by Gasteiger charge is 2.26. The highest BCUT2D eigenvalue weighted by atomic mass is 79.9. The molecule has 32 heavy (non-hydrogen) atoms. The van der Waals surface area contributed by atoms with Crippen molar-refractivity contribution >= 4 is 38.1 Å². The Kier molecular flexibility index (Phi) is 8.15. The van der Waals surface area contributed by atoms with Crippen LogP contribution in [-0.4, -0.2) is 38.5 Å². The van der Waals surface area contributed by atoms with Gasteiger partial charge >= 0.3 is 0 Å². The zero-order valence-corrected chi connectivity index (χ0v) is 19.7. The van der Waals surface area contributed by atoms with E-state index in [4.69, 9.17) is 4.74 Å². The molecule has 0 aromatic heterocycles. The first-order valence-corrected chi connectivity index (χ1v) is 11.9. The minimum Gasteiger partial charge on any atom is -0.496 e. The van der Waals surface area contributed by atoms with Gasteiger partial charge in [-0.1, -0.05) is 58.4 Å². The average molecular weight is 516 g/mol. The Hall–Kier alpha value is -3.01. The summed E-state index contributed by atoms with van der Waals surface area (Å²) in [6, 6.07) is 22.5. The van der Waals surface area contributed by atoms with Gasteiger partial charge in [0.05, 0.1) is 24.8 Å². The smallest absolute Gasteiger partial charge is 0.255 e. The fourth-order valence-electron chi connectivity index (χ4n) is 2.90. The molecule has 0 aliphatic carbocycles. The van der Waals surface area contributed by atoms with E-state index in [0.717, 1.165) is 14.3 Å². The van der Waals surface area contributed by atoms with Crippen LogP contribution in [0.5, 0.6) is 5.75 Å². The third kappa shape index (κ3) is 6.25. The van der Waals surface area contributed by atoms with Crippen LogP contribution in [-0.2, 0) is 21.4 Å². The van der Waals surface area contributed by atoms with Gasteiger partial charge in [-0.2, -0.15) is 9.41 Å². The number of carbonyl (C=O) groups excluding carboxylic acids is 1. The number of amides is 1. The lowest BCUT2D eigenvalue weighted by Crippen LogP contribution is -2.39. The van der Waals surface area contributed by atoms with E-state index < -0.39 is 22.5 Å². The molecule has 0 fully saturated rings. The molecule has 0 aliphatic heterocycles. The van der Waals surface area contributed by atoms with Gasteiger partial charge in [0, 0.05) is 16.6 Å². The number of ether oxygens (including phenoxy) is 1. The second-order valence-corrected chi connectivity index (χ2v) is 9.60. The third-order valence-corrected chi connectivity index (χ3v) is 6.84. The highest BCUT2D eigenvalue weighted by Crippen LogP contribution is 2.19. The Bertz CT molecular complexity index is 1180. The Labute approximate surface area is 195 Å². The molecular weight excluding hydrogens is 494 g/mol. The third-order valence-electron chi connectivity index (χ3n) is 4.50. The lowest BCUT2D eigenvalue weighted by molar-refractivity contribution is -0.121. The number of nitrogens with one attached hydrogen (secondary N) is 1. The Morgan fingerprint density at radius 1 is 1.03 bits per heavy atom. The first kappa shape index (κ1) is 23.6. The molecule has 0 bridgehead atoms.